The number of carbonyl (C=O) groups is 2. The lowest BCUT2D eigenvalue weighted by Crippen LogP contribution is -2.45. The molecular weight excluding hydrogens is 863 g/mol. The molecule has 6 nitrogen and oxygen atoms in total. The van der Waals surface area contributed by atoms with E-state index in [1.54, 1.807) is 0 Å². The quantitative estimate of drug-likeness (QED) is 0.0321. The van der Waals surface area contributed by atoms with Crippen LogP contribution in [0.25, 0.3) is 0 Å². The molecule has 0 heterocycles. The van der Waals surface area contributed by atoms with Crippen molar-refractivity contribution in [1.82, 2.24) is 5.32 Å². The topological polar surface area (TPSA) is 95.9 Å². The zero-order valence-corrected chi connectivity index (χ0v) is 47.0. The molecule has 2 unspecified atom stereocenters. The minimum Gasteiger partial charge on any atom is -0.465 e. The van der Waals surface area contributed by atoms with E-state index in [1.807, 2.05) is 0 Å². The fourth-order valence-corrected chi connectivity index (χ4v) is 9.65. The van der Waals surface area contributed by atoms with E-state index in [2.05, 4.69) is 55.6 Å². The summed E-state index contributed by atoms with van der Waals surface area (Å²) in [6.07, 6.45) is 74.5. The highest BCUT2D eigenvalue weighted by Crippen LogP contribution is 2.17. The predicted octanol–water partition coefficient (Wildman–Crippen LogP) is 19.6. The number of aliphatic hydroxyl groups is 2. The molecular formula is C64H121NO5. The molecule has 0 spiro atoms. The molecule has 0 aromatic rings. The molecule has 70 heavy (non-hydrogen) atoms. The Balaban J connectivity index is 3.44. The third kappa shape index (κ3) is 55.4. The summed E-state index contributed by atoms with van der Waals surface area (Å²) in [4.78, 5) is 24.5. The van der Waals surface area contributed by atoms with Gasteiger partial charge in [-0.3, -0.25) is 9.59 Å². The van der Waals surface area contributed by atoms with Gasteiger partial charge in [-0.2, -0.15) is 0 Å². The third-order valence-corrected chi connectivity index (χ3v) is 14.4. The van der Waals surface area contributed by atoms with E-state index in [0.29, 0.717) is 25.9 Å². The number of aliphatic hydroxyl groups excluding tert-OH is 2. The van der Waals surface area contributed by atoms with E-state index in [1.165, 1.54) is 250 Å². The van der Waals surface area contributed by atoms with Gasteiger partial charge in [-0.05, 0) is 70.6 Å². The maximum Gasteiger partial charge on any atom is 0.305 e. The first-order chi connectivity index (χ1) is 34.5. The first kappa shape index (κ1) is 68.1. The van der Waals surface area contributed by atoms with Gasteiger partial charge in [-0.1, -0.05) is 288 Å². The highest BCUT2D eigenvalue weighted by molar-refractivity contribution is 5.76. The zero-order valence-electron chi connectivity index (χ0n) is 47.0. The van der Waals surface area contributed by atoms with Crippen LogP contribution in [-0.4, -0.2) is 47.4 Å². The molecule has 0 aliphatic rings. The molecule has 0 rings (SSSR count). The number of ether oxygens (including phenoxy) is 1. The Hall–Kier alpha value is -1.92. The molecule has 0 aliphatic carbocycles. The predicted molar refractivity (Wildman–Crippen MR) is 306 cm³/mol. The van der Waals surface area contributed by atoms with Gasteiger partial charge in [0.15, 0.2) is 0 Å². The standard InChI is InChI=1S/C64H121NO5/c1-3-5-7-9-11-13-15-17-19-25-30-34-38-42-46-50-54-58-64(69)70-59-55-51-47-43-39-35-31-27-24-22-20-21-23-26-29-33-37-41-45-49-53-57-63(68)65-61(60-66)62(67)56-52-48-44-40-36-32-28-18-16-14-12-10-8-6-4-2/h17,19,35,39,47,51,61-62,66-67H,3-16,18,20-34,36-38,40-46,48-50,52-60H2,1-2H3,(H,65,68)/b19-17-,39-35-,51-47-. The first-order valence-corrected chi connectivity index (χ1v) is 31.2. The average molecular weight is 985 g/mol. The summed E-state index contributed by atoms with van der Waals surface area (Å²) in [6, 6.07) is -0.545. The van der Waals surface area contributed by atoms with Crippen molar-refractivity contribution < 1.29 is 24.5 Å². The number of hydrogen-bond acceptors (Lipinski definition) is 5. The number of nitrogens with one attached hydrogen (secondary N) is 1. The summed E-state index contributed by atoms with van der Waals surface area (Å²) in [5, 5.41) is 23.3. The molecule has 0 radical (unpaired) electrons. The fraction of sp³-hybridized carbons (Fsp3) is 0.875. The van der Waals surface area contributed by atoms with Crippen LogP contribution in [-0.2, 0) is 14.3 Å². The summed E-state index contributed by atoms with van der Waals surface area (Å²) in [5.41, 5.74) is 0. The van der Waals surface area contributed by atoms with Crippen LogP contribution < -0.4 is 5.32 Å². The number of esters is 1. The lowest BCUT2D eigenvalue weighted by Gasteiger charge is -2.22. The molecule has 0 aromatic heterocycles. The van der Waals surface area contributed by atoms with Gasteiger partial charge in [0, 0.05) is 12.8 Å². The number of rotatable bonds is 58. The molecule has 3 N–H and O–H groups in total. The van der Waals surface area contributed by atoms with Gasteiger partial charge in [0.1, 0.15) is 0 Å². The summed E-state index contributed by atoms with van der Waals surface area (Å²) >= 11 is 0. The molecule has 6 heteroatoms. The van der Waals surface area contributed by atoms with E-state index < -0.39 is 12.1 Å². The maximum atomic E-state index is 12.5. The second kappa shape index (κ2) is 59.6. The number of carbonyl (C=O) groups excluding carboxylic acids is 2. The number of hydrogen-bond donors (Lipinski definition) is 3. The van der Waals surface area contributed by atoms with Gasteiger partial charge >= 0.3 is 5.97 Å². The third-order valence-electron chi connectivity index (χ3n) is 14.4. The van der Waals surface area contributed by atoms with E-state index in [4.69, 9.17) is 4.74 Å². The smallest absolute Gasteiger partial charge is 0.305 e. The van der Waals surface area contributed by atoms with E-state index in [9.17, 15) is 19.8 Å². The Labute approximate surface area is 436 Å². The van der Waals surface area contributed by atoms with Crippen LogP contribution in [0.15, 0.2) is 36.5 Å². The van der Waals surface area contributed by atoms with Crippen LogP contribution in [0.5, 0.6) is 0 Å². The first-order valence-electron chi connectivity index (χ1n) is 31.2. The van der Waals surface area contributed by atoms with Crippen LogP contribution in [0.2, 0.25) is 0 Å². The summed E-state index contributed by atoms with van der Waals surface area (Å²) < 4.78 is 5.43. The van der Waals surface area contributed by atoms with Crippen LogP contribution in [0.4, 0.5) is 0 Å². The van der Waals surface area contributed by atoms with Crippen molar-refractivity contribution in [1.29, 1.82) is 0 Å². The lowest BCUT2D eigenvalue weighted by atomic mass is 10.0. The van der Waals surface area contributed by atoms with Crippen molar-refractivity contribution in [2.75, 3.05) is 13.2 Å². The Bertz CT molecular complexity index is 1130. The van der Waals surface area contributed by atoms with Crippen LogP contribution >= 0.6 is 0 Å². The molecule has 2 atom stereocenters. The van der Waals surface area contributed by atoms with Gasteiger partial charge in [0.05, 0.1) is 25.4 Å². The fourth-order valence-electron chi connectivity index (χ4n) is 9.65. The summed E-state index contributed by atoms with van der Waals surface area (Å²) in [6.45, 7) is 4.85. The monoisotopic (exact) mass is 984 g/mol. The van der Waals surface area contributed by atoms with Gasteiger partial charge in [0.25, 0.3) is 0 Å². The highest BCUT2D eigenvalue weighted by Gasteiger charge is 2.20. The van der Waals surface area contributed by atoms with Crippen LogP contribution in [0, 0.1) is 0 Å². The Morgan fingerprint density at radius 2 is 0.714 bits per heavy atom. The van der Waals surface area contributed by atoms with Crippen molar-refractivity contribution in [2.45, 2.75) is 347 Å². The number of allylic oxidation sites excluding steroid dienone is 5. The van der Waals surface area contributed by atoms with Gasteiger partial charge in [-0.15, -0.1) is 0 Å². The lowest BCUT2D eigenvalue weighted by molar-refractivity contribution is -0.143. The molecule has 412 valence electrons. The number of unbranched alkanes of at least 4 members (excludes halogenated alkanes) is 41. The Morgan fingerprint density at radius 3 is 1.10 bits per heavy atom. The SMILES string of the molecule is CCCCCCCC/C=C\CCCCCCCCCC(=O)OCC/C=C\C/C=C\CCCCCCCCCCCCCCCCC(=O)NC(CO)C(O)CCCCCCCCCCCCCCCCC. The van der Waals surface area contributed by atoms with Gasteiger partial charge < -0.3 is 20.3 Å². The Morgan fingerprint density at radius 1 is 0.400 bits per heavy atom. The summed E-state index contributed by atoms with van der Waals surface area (Å²) in [7, 11) is 0. The van der Waals surface area contributed by atoms with E-state index in [0.717, 1.165) is 51.4 Å². The molecule has 1 amide bonds. The van der Waals surface area contributed by atoms with Crippen molar-refractivity contribution in [2.24, 2.45) is 0 Å². The molecule has 0 aromatic carbocycles. The van der Waals surface area contributed by atoms with Gasteiger partial charge in [0.2, 0.25) is 5.91 Å². The second-order valence-electron chi connectivity index (χ2n) is 21.4. The second-order valence-corrected chi connectivity index (χ2v) is 21.4. The van der Waals surface area contributed by atoms with Gasteiger partial charge in [-0.25, -0.2) is 0 Å². The zero-order chi connectivity index (χ0) is 50.7. The average Bonchev–Trinajstić information content (AvgIpc) is 3.36. The minimum absolute atomic E-state index is 0.0383. The maximum absolute atomic E-state index is 12.5. The Kier molecular flexibility index (Phi) is 58.0. The largest absolute Gasteiger partial charge is 0.465 e. The van der Waals surface area contributed by atoms with E-state index in [-0.39, 0.29) is 18.5 Å². The van der Waals surface area contributed by atoms with Crippen molar-refractivity contribution in [3.8, 4) is 0 Å². The van der Waals surface area contributed by atoms with Crippen LogP contribution in [0.3, 0.4) is 0 Å². The van der Waals surface area contributed by atoms with Crippen molar-refractivity contribution in [3.05, 3.63) is 36.5 Å². The molecule has 0 saturated heterocycles. The molecule has 0 bridgehead atoms. The molecule has 0 saturated carbocycles. The van der Waals surface area contributed by atoms with Crippen molar-refractivity contribution in [3.63, 3.8) is 0 Å². The van der Waals surface area contributed by atoms with Crippen molar-refractivity contribution >= 4 is 11.9 Å². The number of amides is 1. The normalized spacial score (nSPS) is 12.8. The molecule has 0 fully saturated rings. The van der Waals surface area contributed by atoms with E-state index >= 15 is 0 Å². The highest BCUT2D eigenvalue weighted by atomic mass is 16.5. The summed E-state index contributed by atoms with van der Waals surface area (Å²) in [5.74, 6) is -0.0767. The molecule has 0 aliphatic heterocycles. The minimum atomic E-state index is -0.668. The van der Waals surface area contributed by atoms with Crippen LogP contribution in [0.1, 0.15) is 335 Å².